The summed E-state index contributed by atoms with van der Waals surface area (Å²) < 4.78 is 4.74. The molecule has 1 aliphatic rings. The van der Waals surface area contributed by atoms with E-state index in [1.54, 1.807) is 0 Å². The van der Waals surface area contributed by atoms with Gasteiger partial charge in [0, 0.05) is 30.9 Å². The zero-order valence-corrected chi connectivity index (χ0v) is 17.4. The van der Waals surface area contributed by atoms with Gasteiger partial charge in [0.05, 0.1) is 19.1 Å². The summed E-state index contributed by atoms with van der Waals surface area (Å²) in [6, 6.07) is 12.2. The van der Waals surface area contributed by atoms with Gasteiger partial charge < -0.3 is 10.1 Å². The van der Waals surface area contributed by atoms with Crippen LogP contribution in [0.5, 0.6) is 0 Å². The summed E-state index contributed by atoms with van der Waals surface area (Å²) in [5.74, 6) is -0.378. The maximum atomic E-state index is 12.5. The third-order valence-corrected chi connectivity index (χ3v) is 6.26. The molecule has 1 aliphatic carbocycles. The largest absolute Gasteiger partial charge is 0.469 e. The van der Waals surface area contributed by atoms with Crippen molar-refractivity contribution in [1.82, 2.24) is 4.90 Å². The lowest BCUT2D eigenvalue weighted by Gasteiger charge is -2.21. The number of hydrogen-bond acceptors (Lipinski definition) is 6. The number of methoxy groups -OCH3 is 1. The van der Waals surface area contributed by atoms with Crippen molar-refractivity contribution in [3.63, 3.8) is 0 Å². The third kappa shape index (κ3) is 5.66. The predicted octanol–water partition coefficient (Wildman–Crippen LogP) is 3.50. The SMILES string of the molecule is COC(=O)CCN(CCC(=O)Nc1sc2c(c1C#N)CCC2)Cc1ccccc1. The minimum atomic E-state index is -0.265. The van der Waals surface area contributed by atoms with Crippen LogP contribution in [-0.4, -0.2) is 37.0 Å². The second-order valence-corrected chi connectivity index (χ2v) is 8.16. The molecule has 3 rings (SSSR count). The number of rotatable bonds is 9. The number of anilines is 1. The molecule has 0 aliphatic heterocycles. The zero-order chi connectivity index (χ0) is 20.6. The van der Waals surface area contributed by atoms with Crippen LogP contribution in [0.4, 0.5) is 5.00 Å². The van der Waals surface area contributed by atoms with E-state index in [4.69, 9.17) is 4.74 Å². The average molecular weight is 412 g/mol. The number of benzene rings is 1. The summed E-state index contributed by atoms with van der Waals surface area (Å²) in [4.78, 5) is 27.4. The van der Waals surface area contributed by atoms with Crippen molar-refractivity contribution < 1.29 is 14.3 Å². The fourth-order valence-corrected chi connectivity index (χ4v) is 4.78. The molecule has 1 aromatic heterocycles. The van der Waals surface area contributed by atoms with E-state index in [-0.39, 0.29) is 18.3 Å². The van der Waals surface area contributed by atoms with E-state index in [1.807, 2.05) is 30.3 Å². The zero-order valence-electron chi connectivity index (χ0n) is 16.6. The van der Waals surface area contributed by atoms with E-state index in [2.05, 4.69) is 16.3 Å². The maximum Gasteiger partial charge on any atom is 0.306 e. The topological polar surface area (TPSA) is 82.4 Å². The summed E-state index contributed by atoms with van der Waals surface area (Å²) >= 11 is 1.53. The van der Waals surface area contributed by atoms with Gasteiger partial charge in [-0.3, -0.25) is 14.5 Å². The van der Waals surface area contributed by atoms with E-state index in [1.165, 1.54) is 23.3 Å². The lowest BCUT2D eigenvalue weighted by Crippen LogP contribution is -2.30. The number of fused-ring (bicyclic) bond motifs is 1. The normalized spacial score (nSPS) is 12.4. The minimum Gasteiger partial charge on any atom is -0.469 e. The second-order valence-electron chi connectivity index (χ2n) is 7.06. The first-order valence-corrected chi connectivity index (χ1v) is 10.6. The Balaban J connectivity index is 1.58. The Morgan fingerprint density at radius 3 is 2.69 bits per heavy atom. The van der Waals surface area contributed by atoms with Crippen molar-refractivity contribution in [3.05, 3.63) is 51.9 Å². The van der Waals surface area contributed by atoms with E-state index >= 15 is 0 Å². The number of amides is 1. The summed E-state index contributed by atoms with van der Waals surface area (Å²) in [5, 5.41) is 13.1. The number of ether oxygens (including phenoxy) is 1. The molecule has 0 radical (unpaired) electrons. The first-order valence-electron chi connectivity index (χ1n) is 9.78. The number of hydrogen-bond donors (Lipinski definition) is 1. The first kappa shape index (κ1) is 21.0. The fraction of sp³-hybridized carbons (Fsp3) is 0.409. The molecule has 152 valence electrons. The van der Waals surface area contributed by atoms with Gasteiger partial charge in [0.2, 0.25) is 5.91 Å². The van der Waals surface area contributed by atoms with Gasteiger partial charge in [-0.1, -0.05) is 30.3 Å². The lowest BCUT2D eigenvalue weighted by molar-refractivity contribution is -0.141. The molecule has 29 heavy (non-hydrogen) atoms. The Kier molecular flexibility index (Phi) is 7.39. The van der Waals surface area contributed by atoms with Gasteiger partial charge in [0.15, 0.2) is 0 Å². The molecule has 7 heteroatoms. The number of nitriles is 1. The van der Waals surface area contributed by atoms with Gasteiger partial charge in [-0.05, 0) is 30.4 Å². The predicted molar refractivity (Wildman–Crippen MR) is 113 cm³/mol. The number of thiophene rings is 1. The maximum absolute atomic E-state index is 12.5. The number of carbonyl (C=O) groups is 2. The molecule has 0 unspecified atom stereocenters. The molecule has 1 amide bonds. The molecule has 1 N–H and O–H groups in total. The van der Waals surface area contributed by atoms with Crippen LogP contribution < -0.4 is 5.32 Å². The highest BCUT2D eigenvalue weighted by Crippen LogP contribution is 2.38. The van der Waals surface area contributed by atoms with Gasteiger partial charge >= 0.3 is 5.97 Å². The Hall–Kier alpha value is -2.69. The van der Waals surface area contributed by atoms with Gasteiger partial charge in [-0.2, -0.15) is 5.26 Å². The number of nitrogens with zero attached hydrogens (tertiary/aromatic N) is 2. The van der Waals surface area contributed by atoms with Crippen molar-refractivity contribution in [3.8, 4) is 6.07 Å². The van der Waals surface area contributed by atoms with E-state index < -0.39 is 0 Å². The van der Waals surface area contributed by atoms with Gasteiger partial charge in [-0.25, -0.2) is 0 Å². The third-order valence-electron chi connectivity index (χ3n) is 5.05. The molecule has 0 bridgehead atoms. The summed E-state index contributed by atoms with van der Waals surface area (Å²) in [5.41, 5.74) is 2.86. The lowest BCUT2D eigenvalue weighted by atomic mass is 10.1. The standard InChI is InChI=1S/C22H25N3O3S/c1-28-21(27)11-13-25(15-16-6-3-2-4-7-16)12-10-20(26)24-22-18(14-23)17-8-5-9-19(17)29-22/h2-4,6-7H,5,8-13,15H2,1H3,(H,24,26). The smallest absolute Gasteiger partial charge is 0.306 e. The number of aryl methyl sites for hydroxylation is 1. The monoisotopic (exact) mass is 411 g/mol. The Bertz CT molecular complexity index is 902. The molecule has 2 aromatic rings. The molecule has 1 heterocycles. The highest BCUT2D eigenvalue weighted by Gasteiger charge is 2.23. The highest BCUT2D eigenvalue weighted by molar-refractivity contribution is 7.16. The Morgan fingerprint density at radius 2 is 1.97 bits per heavy atom. The Morgan fingerprint density at radius 1 is 1.21 bits per heavy atom. The van der Waals surface area contributed by atoms with Crippen LogP contribution in [0.15, 0.2) is 30.3 Å². The van der Waals surface area contributed by atoms with Crippen LogP contribution in [0.2, 0.25) is 0 Å². The van der Waals surface area contributed by atoms with E-state index in [0.717, 1.165) is 30.4 Å². The molecule has 1 aromatic carbocycles. The average Bonchev–Trinajstić information content (AvgIpc) is 3.31. The van der Waals surface area contributed by atoms with E-state index in [9.17, 15) is 14.9 Å². The van der Waals surface area contributed by atoms with Crippen LogP contribution in [-0.2, 0) is 33.7 Å². The van der Waals surface area contributed by atoms with Crippen LogP contribution in [0.1, 0.15) is 40.8 Å². The van der Waals surface area contributed by atoms with Crippen LogP contribution in [0, 0.1) is 11.3 Å². The van der Waals surface area contributed by atoms with Crippen molar-refractivity contribution >= 4 is 28.2 Å². The van der Waals surface area contributed by atoms with Gasteiger partial charge in [0.25, 0.3) is 0 Å². The number of esters is 1. The highest BCUT2D eigenvalue weighted by atomic mass is 32.1. The van der Waals surface area contributed by atoms with E-state index in [0.29, 0.717) is 36.6 Å². The Labute approximate surface area is 175 Å². The molecule has 0 spiro atoms. The van der Waals surface area contributed by atoms with Crippen molar-refractivity contribution in [1.29, 1.82) is 5.26 Å². The summed E-state index contributed by atoms with van der Waals surface area (Å²) in [6.07, 6.45) is 3.56. The number of nitrogens with one attached hydrogen (secondary N) is 1. The second kappa shape index (κ2) is 10.2. The fourth-order valence-electron chi connectivity index (χ4n) is 3.52. The molecule has 0 saturated heterocycles. The first-order chi connectivity index (χ1) is 14.1. The summed E-state index contributed by atoms with van der Waals surface area (Å²) in [7, 11) is 1.38. The van der Waals surface area contributed by atoms with Crippen molar-refractivity contribution in [2.24, 2.45) is 0 Å². The number of carbonyl (C=O) groups excluding carboxylic acids is 2. The molecule has 0 fully saturated rings. The van der Waals surface area contributed by atoms with Crippen LogP contribution >= 0.6 is 11.3 Å². The van der Waals surface area contributed by atoms with Crippen molar-refractivity contribution in [2.45, 2.75) is 38.6 Å². The molecule has 6 nitrogen and oxygen atoms in total. The van der Waals surface area contributed by atoms with Crippen molar-refractivity contribution in [2.75, 3.05) is 25.5 Å². The molecule has 0 atom stereocenters. The molecular formula is C22H25N3O3S. The van der Waals surface area contributed by atoms with Gasteiger partial charge in [0.1, 0.15) is 11.1 Å². The van der Waals surface area contributed by atoms with Crippen LogP contribution in [0.25, 0.3) is 0 Å². The van der Waals surface area contributed by atoms with Gasteiger partial charge in [-0.15, -0.1) is 11.3 Å². The molecule has 0 saturated carbocycles. The quantitative estimate of drug-likeness (QED) is 0.639. The minimum absolute atomic E-state index is 0.113. The molecular weight excluding hydrogens is 386 g/mol. The van der Waals surface area contributed by atoms with Crippen LogP contribution in [0.3, 0.4) is 0 Å². The summed E-state index contributed by atoms with van der Waals surface area (Å²) in [6.45, 7) is 1.69.